The second-order valence-electron chi connectivity index (χ2n) is 3.70. The minimum atomic E-state index is -0.453. The summed E-state index contributed by atoms with van der Waals surface area (Å²) in [7, 11) is 3.36. The van der Waals surface area contributed by atoms with E-state index in [9.17, 15) is 4.79 Å². The minimum Gasteiger partial charge on any atom is -0.464 e. The molecule has 1 atom stereocenters. The van der Waals surface area contributed by atoms with Crippen molar-refractivity contribution in [2.45, 2.75) is 18.9 Å². The lowest BCUT2D eigenvalue weighted by Crippen LogP contribution is -2.19. The number of hydrogen-bond donors (Lipinski definition) is 0. The van der Waals surface area contributed by atoms with E-state index >= 15 is 0 Å². The molecule has 15 heavy (non-hydrogen) atoms. The molecule has 0 N–H and O–H groups in total. The Kier molecular flexibility index (Phi) is 2.77. The highest BCUT2D eigenvalue weighted by molar-refractivity contribution is 6.04. The van der Waals surface area contributed by atoms with Gasteiger partial charge < -0.3 is 14.0 Å². The van der Waals surface area contributed by atoms with E-state index in [1.54, 1.807) is 0 Å². The third kappa shape index (κ3) is 1.90. The molecule has 6 heteroatoms. The number of hydrogen-bond acceptors (Lipinski definition) is 5. The minimum absolute atomic E-state index is 0.198. The molecule has 5 nitrogen and oxygen atoms in total. The predicted molar refractivity (Wildman–Crippen MR) is 55.1 cm³/mol. The predicted octanol–water partition coefficient (Wildman–Crippen LogP) is 0.146. The van der Waals surface area contributed by atoms with Crippen molar-refractivity contribution in [3.63, 3.8) is 0 Å². The van der Waals surface area contributed by atoms with Gasteiger partial charge in [0.05, 0.1) is 13.2 Å². The molecule has 0 aromatic carbocycles. The summed E-state index contributed by atoms with van der Waals surface area (Å²) in [5.41, 5.74) is 0.243. The van der Waals surface area contributed by atoms with Crippen molar-refractivity contribution >= 4 is 14.0 Å². The van der Waals surface area contributed by atoms with E-state index in [-0.39, 0.29) is 11.7 Å². The SMILES string of the molecule is BN1CCC[C@@H]1c1nc(C(=O)OC)co1. The summed E-state index contributed by atoms with van der Waals surface area (Å²) >= 11 is 0. The molecule has 1 aliphatic rings. The number of ether oxygens (including phenoxy) is 1. The van der Waals surface area contributed by atoms with Crippen LogP contribution in [0.5, 0.6) is 0 Å². The third-order valence-corrected chi connectivity index (χ3v) is 2.72. The Balaban J connectivity index is 2.16. The average Bonchev–Trinajstić information content (AvgIpc) is 2.84. The van der Waals surface area contributed by atoms with Crippen LogP contribution in [0.15, 0.2) is 10.7 Å². The van der Waals surface area contributed by atoms with Gasteiger partial charge in [-0.1, -0.05) is 0 Å². The average molecular weight is 208 g/mol. The second-order valence-corrected chi connectivity index (χ2v) is 3.70. The number of rotatable bonds is 2. The van der Waals surface area contributed by atoms with Crippen molar-refractivity contribution in [2.24, 2.45) is 0 Å². The molecule has 0 spiro atoms. The zero-order valence-electron chi connectivity index (χ0n) is 8.90. The highest BCUT2D eigenvalue weighted by Gasteiger charge is 2.27. The molecule has 1 saturated heterocycles. The Morgan fingerprint density at radius 3 is 3.20 bits per heavy atom. The molecular formula is C9H13BN2O3. The molecule has 0 radical (unpaired) electrons. The fourth-order valence-electron chi connectivity index (χ4n) is 1.86. The number of aromatic nitrogens is 1. The molecule has 1 aromatic rings. The van der Waals surface area contributed by atoms with Crippen LogP contribution in [0.3, 0.4) is 0 Å². The van der Waals surface area contributed by atoms with Crippen molar-refractivity contribution in [3.05, 3.63) is 17.8 Å². The van der Waals surface area contributed by atoms with Gasteiger partial charge in [0.2, 0.25) is 5.89 Å². The van der Waals surface area contributed by atoms with Gasteiger partial charge >= 0.3 is 5.97 Å². The maximum absolute atomic E-state index is 11.2. The van der Waals surface area contributed by atoms with Gasteiger partial charge in [-0.05, 0) is 19.4 Å². The fraction of sp³-hybridized carbons (Fsp3) is 0.556. The smallest absolute Gasteiger partial charge is 0.360 e. The van der Waals surface area contributed by atoms with Crippen LogP contribution in [0.1, 0.15) is 35.3 Å². The fourth-order valence-corrected chi connectivity index (χ4v) is 1.86. The highest BCUT2D eigenvalue weighted by Crippen LogP contribution is 2.29. The van der Waals surface area contributed by atoms with Gasteiger partial charge in [0, 0.05) is 0 Å². The molecule has 0 aliphatic carbocycles. The van der Waals surface area contributed by atoms with Crippen molar-refractivity contribution in [3.8, 4) is 0 Å². The van der Waals surface area contributed by atoms with E-state index in [1.165, 1.54) is 13.4 Å². The highest BCUT2D eigenvalue weighted by atomic mass is 16.5. The van der Waals surface area contributed by atoms with Gasteiger partial charge in [0.25, 0.3) is 0 Å². The van der Waals surface area contributed by atoms with Gasteiger partial charge in [-0.25, -0.2) is 9.78 Å². The monoisotopic (exact) mass is 208 g/mol. The summed E-state index contributed by atoms with van der Waals surface area (Å²) in [6.07, 6.45) is 3.52. The van der Waals surface area contributed by atoms with E-state index in [4.69, 9.17) is 4.42 Å². The molecule has 1 fully saturated rings. The van der Waals surface area contributed by atoms with Gasteiger partial charge in [-0.15, -0.1) is 0 Å². The first-order chi connectivity index (χ1) is 7.22. The van der Waals surface area contributed by atoms with Crippen LogP contribution in [0.2, 0.25) is 0 Å². The lowest BCUT2D eigenvalue weighted by molar-refractivity contribution is 0.0594. The molecule has 0 amide bonds. The summed E-state index contributed by atoms with van der Waals surface area (Å²) < 4.78 is 9.85. The van der Waals surface area contributed by atoms with E-state index < -0.39 is 5.97 Å². The summed E-state index contributed by atoms with van der Waals surface area (Å²) in [4.78, 5) is 17.5. The molecule has 1 aliphatic heterocycles. The standard InChI is InChI=1S/C9H13BN2O3/c1-14-9(13)6-5-15-8(11-6)7-3-2-4-12(7)10/h5,7H,2-4,10H2,1H3/t7-/m1/s1. The van der Waals surface area contributed by atoms with Crippen LogP contribution in [0, 0.1) is 0 Å². The lowest BCUT2D eigenvalue weighted by atomic mass is 10.2. The van der Waals surface area contributed by atoms with Crippen molar-refractivity contribution in [1.82, 2.24) is 9.79 Å². The van der Waals surface area contributed by atoms with Crippen LogP contribution in [-0.2, 0) is 4.74 Å². The Hall–Kier alpha value is -1.30. The van der Waals surface area contributed by atoms with Gasteiger partial charge in [0.1, 0.15) is 6.26 Å². The van der Waals surface area contributed by atoms with Crippen LogP contribution >= 0.6 is 0 Å². The summed E-state index contributed by atoms with van der Waals surface area (Å²) in [6.45, 7) is 1.04. The molecule has 0 saturated carbocycles. The van der Waals surface area contributed by atoms with Gasteiger partial charge in [0.15, 0.2) is 13.7 Å². The van der Waals surface area contributed by atoms with E-state index in [0.717, 1.165) is 19.4 Å². The van der Waals surface area contributed by atoms with Crippen molar-refractivity contribution in [1.29, 1.82) is 0 Å². The zero-order chi connectivity index (χ0) is 10.8. The Morgan fingerprint density at radius 2 is 2.60 bits per heavy atom. The first-order valence-electron chi connectivity index (χ1n) is 4.96. The first kappa shape index (κ1) is 10.2. The first-order valence-corrected chi connectivity index (χ1v) is 4.96. The second kappa shape index (κ2) is 4.06. The number of carbonyl (C=O) groups excluding carboxylic acids is 1. The molecular weight excluding hydrogens is 195 g/mol. The maximum Gasteiger partial charge on any atom is 0.360 e. The Bertz CT molecular complexity index is 366. The van der Waals surface area contributed by atoms with Crippen LogP contribution < -0.4 is 0 Å². The van der Waals surface area contributed by atoms with Gasteiger partial charge in [-0.3, -0.25) is 0 Å². The zero-order valence-corrected chi connectivity index (χ0v) is 8.90. The van der Waals surface area contributed by atoms with Crippen LogP contribution in [0.25, 0.3) is 0 Å². The quantitative estimate of drug-likeness (QED) is 0.511. The molecule has 1 aromatic heterocycles. The summed E-state index contributed by atoms with van der Waals surface area (Å²) in [5.74, 6) is 0.154. The Morgan fingerprint density at radius 1 is 1.80 bits per heavy atom. The molecule has 2 heterocycles. The topological polar surface area (TPSA) is 55.6 Å². The van der Waals surface area contributed by atoms with Crippen LogP contribution in [0.4, 0.5) is 0 Å². The van der Waals surface area contributed by atoms with Crippen molar-refractivity contribution in [2.75, 3.05) is 13.7 Å². The molecule has 80 valence electrons. The largest absolute Gasteiger partial charge is 0.464 e. The maximum atomic E-state index is 11.2. The molecule has 2 rings (SSSR count). The number of esters is 1. The normalized spacial score (nSPS) is 21.8. The van der Waals surface area contributed by atoms with Crippen molar-refractivity contribution < 1.29 is 13.9 Å². The number of carbonyl (C=O) groups is 1. The number of methoxy groups -OCH3 is 1. The molecule has 0 unspecified atom stereocenters. The van der Waals surface area contributed by atoms with Crippen LogP contribution in [-0.4, -0.2) is 37.4 Å². The van der Waals surface area contributed by atoms with Gasteiger partial charge in [-0.2, -0.15) is 0 Å². The number of nitrogens with zero attached hydrogens (tertiary/aromatic N) is 2. The summed E-state index contributed by atoms with van der Waals surface area (Å²) in [6, 6.07) is 0.198. The van der Waals surface area contributed by atoms with E-state index in [1.807, 2.05) is 7.98 Å². The Labute approximate surface area is 88.8 Å². The number of oxazole rings is 1. The molecule has 0 bridgehead atoms. The third-order valence-electron chi connectivity index (χ3n) is 2.72. The summed E-state index contributed by atoms with van der Waals surface area (Å²) in [5, 5.41) is 0. The van der Waals surface area contributed by atoms with E-state index in [0.29, 0.717) is 5.89 Å². The lowest BCUT2D eigenvalue weighted by Gasteiger charge is -2.15. The van der Waals surface area contributed by atoms with E-state index in [2.05, 4.69) is 14.5 Å².